The van der Waals surface area contributed by atoms with Gasteiger partial charge in [0.2, 0.25) is 0 Å². The Balaban J connectivity index is 1.97. The first-order chi connectivity index (χ1) is 7.69. The summed E-state index contributed by atoms with van der Waals surface area (Å²) in [5, 5.41) is 4.10. The van der Waals surface area contributed by atoms with Gasteiger partial charge in [-0.3, -0.25) is 4.90 Å². The lowest BCUT2D eigenvalue weighted by Gasteiger charge is -2.16. The average molecular weight is 304 g/mol. The molecule has 0 amide bonds. The Kier molecular flexibility index (Phi) is 4.25. The van der Waals surface area contributed by atoms with Crippen molar-refractivity contribution in [2.45, 2.75) is 19.0 Å². The Bertz CT molecular complexity index is 370. The normalized spacial score (nSPS) is 21.6. The molecule has 4 heteroatoms. The van der Waals surface area contributed by atoms with E-state index < -0.39 is 0 Å². The van der Waals surface area contributed by atoms with E-state index >= 15 is 0 Å². The Hall–Kier alpha value is -0.0900. The minimum Gasteiger partial charge on any atom is -0.316 e. The van der Waals surface area contributed by atoms with E-state index in [0.29, 0.717) is 6.04 Å². The van der Waals surface area contributed by atoms with Crippen LogP contribution >= 0.6 is 27.5 Å². The zero-order valence-electron chi connectivity index (χ0n) is 9.34. The van der Waals surface area contributed by atoms with Crippen LogP contribution in [0.2, 0.25) is 5.02 Å². The summed E-state index contributed by atoms with van der Waals surface area (Å²) in [5.74, 6) is 0. The van der Waals surface area contributed by atoms with Gasteiger partial charge < -0.3 is 5.32 Å². The van der Waals surface area contributed by atoms with Crippen molar-refractivity contribution in [2.24, 2.45) is 0 Å². The van der Waals surface area contributed by atoms with Gasteiger partial charge in [-0.05, 0) is 47.1 Å². The molecule has 0 aromatic heterocycles. The number of hydrogen-bond acceptors (Lipinski definition) is 2. The molecule has 1 aromatic carbocycles. The third-order valence-corrected chi connectivity index (χ3v) is 4.28. The Morgan fingerprint density at radius 3 is 3.00 bits per heavy atom. The lowest BCUT2D eigenvalue weighted by Crippen LogP contribution is -2.29. The summed E-state index contributed by atoms with van der Waals surface area (Å²) >= 11 is 9.43. The van der Waals surface area contributed by atoms with Crippen LogP contribution in [0.5, 0.6) is 0 Å². The number of likely N-dealkylation sites (tertiary alicyclic amines) is 1. The summed E-state index contributed by atoms with van der Waals surface area (Å²) in [4.78, 5) is 2.47. The van der Waals surface area contributed by atoms with Crippen LogP contribution in [0, 0.1) is 0 Å². The molecule has 0 bridgehead atoms. The number of nitrogens with zero attached hydrogens (tertiary/aromatic N) is 1. The first kappa shape index (κ1) is 12.4. The number of hydrogen-bond donors (Lipinski definition) is 1. The van der Waals surface area contributed by atoms with E-state index in [1.165, 1.54) is 18.5 Å². The van der Waals surface area contributed by atoms with Crippen LogP contribution in [-0.4, -0.2) is 31.1 Å². The van der Waals surface area contributed by atoms with Crippen LogP contribution in [0.4, 0.5) is 0 Å². The quantitative estimate of drug-likeness (QED) is 0.924. The smallest absolute Gasteiger partial charge is 0.0548 e. The van der Waals surface area contributed by atoms with Crippen molar-refractivity contribution < 1.29 is 0 Å². The predicted octanol–water partition coefficient (Wildman–Crippen LogP) is 2.90. The lowest BCUT2D eigenvalue weighted by molar-refractivity contribution is 0.322. The number of nitrogens with one attached hydrogen (secondary N) is 1. The summed E-state index contributed by atoms with van der Waals surface area (Å²) in [6, 6.07) is 6.80. The highest BCUT2D eigenvalue weighted by Crippen LogP contribution is 2.24. The fourth-order valence-corrected chi connectivity index (χ4v) is 2.65. The molecule has 0 saturated carbocycles. The number of halogens is 2. The Morgan fingerprint density at radius 2 is 2.38 bits per heavy atom. The number of benzene rings is 1. The van der Waals surface area contributed by atoms with E-state index in [-0.39, 0.29) is 0 Å². The monoisotopic (exact) mass is 302 g/mol. The van der Waals surface area contributed by atoms with E-state index in [1.54, 1.807) is 0 Å². The average Bonchev–Trinajstić information content (AvgIpc) is 2.71. The van der Waals surface area contributed by atoms with E-state index in [4.69, 9.17) is 11.6 Å². The maximum atomic E-state index is 5.97. The molecule has 1 N–H and O–H groups in total. The van der Waals surface area contributed by atoms with E-state index in [2.05, 4.69) is 38.3 Å². The molecule has 1 unspecified atom stereocenters. The van der Waals surface area contributed by atoms with Crippen LogP contribution in [0.1, 0.15) is 12.0 Å². The molecule has 1 saturated heterocycles. The zero-order valence-corrected chi connectivity index (χ0v) is 11.7. The molecule has 0 radical (unpaired) electrons. The molecule has 0 spiro atoms. The molecule has 16 heavy (non-hydrogen) atoms. The van der Waals surface area contributed by atoms with E-state index in [0.717, 1.165) is 22.6 Å². The summed E-state index contributed by atoms with van der Waals surface area (Å²) in [6.45, 7) is 3.32. The van der Waals surface area contributed by atoms with Gasteiger partial charge in [0.25, 0.3) is 0 Å². The summed E-state index contributed by atoms with van der Waals surface area (Å²) in [5.41, 5.74) is 1.31. The lowest BCUT2D eigenvalue weighted by atomic mass is 10.2. The largest absolute Gasteiger partial charge is 0.316 e. The first-order valence-corrected chi connectivity index (χ1v) is 6.69. The van der Waals surface area contributed by atoms with Gasteiger partial charge in [-0.1, -0.05) is 17.7 Å². The van der Waals surface area contributed by atoms with Crippen molar-refractivity contribution in [3.8, 4) is 0 Å². The van der Waals surface area contributed by atoms with Crippen molar-refractivity contribution in [3.05, 3.63) is 33.3 Å². The molecular weight excluding hydrogens is 288 g/mol. The Labute approximate surface area is 110 Å². The van der Waals surface area contributed by atoms with Crippen LogP contribution < -0.4 is 5.32 Å². The van der Waals surface area contributed by atoms with Gasteiger partial charge >= 0.3 is 0 Å². The van der Waals surface area contributed by atoms with Crippen molar-refractivity contribution in [1.82, 2.24) is 10.2 Å². The Morgan fingerprint density at radius 1 is 1.56 bits per heavy atom. The fourth-order valence-electron chi connectivity index (χ4n) is 2.11. The van der Waals surface area contributed by atoms with Gasteiger partial charge in [-0.15, -0.1) is 0 Å². The first-order valence-electron chi connectivity index (χ1n) is 5.52. The summed E-state index contributed by atoms with van der Waals surface area (Å²) in [6.07, 6.45) is 1.24. The highest BCUT2D eigenvalue weighted by molar-refractivity contribution is 9.10. The molecular formula is C12H16BrClN2. The fraction of sp³-hybridized carbons (Fsp3) is 0.500. The SMILES string of the molecule is CNC1CCN(Cc2ccc(Cl)c(Br)c2)C1. The molecule has 1 aliphatic rings. The van der Waals surface area contributed by atoms with Gasteiger partial charge in [0.05, 0.1) is 5.02 Å². The third-order valence-electron chi connectivity index (χ3n) is 3.07. The highest BCUT2D eigenvalue weighted by Gasteiger charge is 2.20. The molecule has 88 valence electrons. The second-order valence-corrected chi connectivity index (χ2v) is 5.52. The van der Waals surface area contributed by atoms with Crippen LogP contribution in [0.15, 0.2) is 22.7 Å². The van der Waals surface area contributed by atoms with Gasteiger partial charge in [0.15, 0.2) is 0 Å². The zero-order chi connectivity index (χ0) is 11.5. The molecule has 2 nitrogen and oxygen atoms in total. The summed E-state index contributed by atoms with van der Waals surface area (Å²) in [7, 11) is 2.03. The maximum absolute atomic E-state index is 5.97. The molecule has 2 rings (SSSR count). The predicted molar refractivity (Wildman–Crippen MR) is 71.9 cm³/mol. The minimum absolute atomic E-state index is 0.649. The van der Waals surface area contributed by atoms with Crippen molar-refractivity contribution >= 4 is 27.5 Å². The molecule has 1 fully saturated rings. The van der Waals surface area contributed by atoms with Crippen molar-refractivity contribution in [1.29, 1.82) is 0 Å². The molecule has 1 aliphatic heterocycles. The van der Waals surface area contributed by atoms with Crippen molar-refractivity contribution in [2.75, 3.05) is 20.1 Å². The van der Waals surface area contributed by atoms with Gasteiger partial charge in [-0.2, -0.15) is 0 Å². The summed E-state index contributed by atoms with van der Waals surface area (Å²) < 4.78 is 0.982. The minimum atomic E-state index is 0.649. The second-order valence-electron chi connectivity index (χ2n) is 4.26. The molecule has 1 aromatic rings. The molecule has 1 heterocycles. The van der Waals surface area contributed by atoms with Crippen LogP contribution in [0.25, 0.3) is 0 Å². The third kappa shape index (κ3) is 2.98. The highest BCUT2D eigenvalue weighted by atomic mass is 79.9. The maximum Gasteiger partial charge on any atom is 0.0548 e. The topological polar surface area (TPSA) is 15.3 Å². The van der Waals surface area contributed by atoms with Crippen LogP contribution in [0.3, 0.4) is 0 Å². The molecule has 1 atom stereocenters. The van der Waals surface area contributed by atoms with Gasteiger partial charge in [0, 0.05) is 30.1 Å². The standard InChI is InChI=1S/C12H16BrClN2/c1-15-10-4-5-16(8-10)7-9-2-3-12(14)11(13)6-9/h2-3,6,10,15H,4-5,7-8H2,1H3. The second kappa shape index (κ2) is 5.50. The van der Waals surface area contributed by atoms with E-state index in [1.807, 2.05) is 13.1 Å². The van der Waals surface area contributed by atoms with E-state index in [9.17, 15) is 0 Å². The number of rotatable bonds is 3. The van der Waals surface area contributed by atoms with Gasteiger partial charge in [-0.25, -0.2) is 0 Å². The number of likely N-dealkylation sites (N-methyl/N-ethyl adjacent to an activating group) is 1. The van der Waals surface area contributed by atoms with Crippen molar-refractivity contribution in [3.63, 3.8) is 0 Å². The van der Waals surface area contributed by atoms with Crippen LogP contribution in [-0.2, 0) is 6.54 Å². The van der Waals surface area contributed by atoms with Gasteiger partial charge in [0.1, 0.15) is 0 Å². The molecule has 0 aliphatic carbocycles.